The standard InChI is InChI=1S/C12H21N3OS/c1-9(11-15-3-4-17-11)5-14-7-12(2)8-16-6-10(12)13/h3-4,9-10,14H,5-8,13H2,1-2H3. The van der Waals surface area contributed by atoms with Gasteiger partial charge in [-0.2, -0.15) is 0 Å². The molecule has 5 heteroatoms. The van der Waals surface area contributed by atoms with Crippen molar-refractivity contribution in [2.45, 2.75) is 25.8 Å². The molecule has 17 heavy (non-hydrogen) atoms. The Morgan fingerprint density at radius 2 is 2.59 bits per heavy atom. The van der Waals surface area contributed by atoms with Crippen molar-refractivity contribution in [1.29, 1.82) is 0 Å². The second-order valence-electron chi connectivity index (χ2n) is 5.18. The monoisotopic (exact) mass is 255 g/mol. The van der Waals surface area contributed by atoms with Crippen LogP contribution in [0, 0.1) is 5.41 Å². The molecule has 96 valence electrons. The molecule has 2 rings (SSSR count). The van der Waals surface area contributed by atoms with Crippen molar-refractivity contribution in [2.75, 3.05) is 26.3 Å². The van der Waals surface area contributed by atoms with Crippen molar-refractivity contribution in [1.82, 2.24) is 10.3 Å². The van der Waals surface area contributed by atoms with Crippen LogP contribution >= 0.6 is 11.3 Å². The van der Waals surface area contributed by atoms with Crippen LogP contribution in [0.25, 0.3) is 0 Å². The summed E-state index contributed by atoms with van der Waals surface area (Å²) in [6.45, 7) is 7.66. The highest BCUT2D eigenvalue weighted by Gasteiger charge is 2.37. The molecule has 1 aromatic heterocycles. The highest BCUT2D eigenvalue weighted by atomic mass is 32.1. The fourth-order valence-corrected chi connectivity index (χ4v) is 2.75. The topological polar surface area (TPSA) is 60.2 Å². The quantitative estimate of drug-likeness (QED) is 0.830. The van der Waals surface area contributed by atoms with Crippen LogP contribution in [0.1, 0.15) is 24.8 Å². The molecule has 2 heterocycles. The molecule has 0 bridgehead atoms. The number of nitrogens with zero attached hydrogens (tertiary/aromatic N) is 1. The molecule has 1 saturated heterocycles. The zero-order valence-corrected chi connectivity index (χ0v) is 11.3. The zero-order valence-electron chi connectivity index (χ0n) is 10.5. The number of aromatic nitrogens is 1. The summed E-state index contributed by atoms with van der Waals surface area (Å²) in [6, 6.07) is 0.144. The van der Waals surface area contributed by atoms with Gasteiger partial charge in [0.25, 0.3) is 0 Å². The van der Waals surface area contributed by atoms with Gasteiger partial charge < -0.3 is 15.8 Å². The number of nitrogens with one attached hydrogen (secondary N) is 1. The van der Waals surface area contributed by atoms with Gasteiger partial charge in [-0.25, -0.2) is 4.98 Å². The van der Waals surface area contributed by atoms with Crippen molar-refractivity contribution in [3.8, 4) is 0 Å². The van der Waals surface area contributed by atoms with Crippen LogP contribution in [0.5, 0.6) is 0 Å². The molecule has 0 spiro atoms. The average Bonchev–Trinajstić information content (AvgIpc) is 2.90. The predicted molar refractivity (Wildman–Crippen MR) is 70.3 cm³/mol. The second-order valence-corrected chi connectivity index (χ2v) is 6.10. The first-order chi connectivity index (χ1) is 8.12. The summed E-state index contributed by atoms with van der Waals surface area (Å²) < 4.78 is 5.43. The summed E-state index contributed by atoms with van der Waals surface area (Å²) in [4.78, 5) is 4.33. The normalized spacial score (nSPS) is 30.6. The Balaban J connectivity index is 1.76. The first kappa shape index (κ1) is 13.0. The van der Waals surface area contributed by atoms with Crippen LogP contribution in [0.2, 0.25) is 0 Å². The molecule has 1 aliphatic heterocycles. The predicted octanol–water partition coefficient (Wildman–Crippen LogP) is 1.20. The van der Waals surface area contributed by atoms with E-state index in [1.54, 1.807) is 11.3 Å². The number of hydrogen-bond donors (Lipinski definition) is 2. The van der Waals surface area contributed by atoms with Crippen molar-refractivity contribution < 1.29 is 4.74 Å². The molecule has 1 aliphatic rings. The molecule has 0 amide bonds. The minimum absolute atomic E-state index is 0.0720. The van der Waals surface area contributed by atoms with Crippen molar-refractivity contribution in [3.05, 3.63) is 16.6 Å². The molecule has 0 saturated carbocycles. The third-order valence-electron chi connectivity index (χ3n) is 3.48. The first-order valence-corrected chi connectivity index (χ1v) is 6.93. The van der Waals surface area contributed by atoms with Gasteiger partial charge in [0, 0.05) is 42.0 Å². The maximum atomic E-state index is 6.05. The van der Waals surface area contributed by atoms with E-state index in [2.05, 4.69) is 24.1 Å². The third-order valence-corrected chi connectivity index (χ3v) is 4.48. The maximum Gasteiger partial charge on any atom is 0.0965 e. The molecule has 3 unspecified atom stereocenters. The fourth-order valence-electron chi connectivity index (χ4n) is 2.05. The summed E-state index contributed by atoms with van der Waals surface area (Å²) in [5.41, 5.74) is 6.12. The van der Waals surface area contributed by atoms with Gasteiger partial charge in [0.15, 0.2) is 0 Å². The molecule has 1 fully saturated rings. The van der Waals surface area contributed by atoms with E-state index >= 15 is 0 Å². The number of ether oxygens (including phenoxy) is 1. The second kappa shape index (κ2) is 5.44. The molecule has 0 aromatic carbocycles. The Hall–Kier alpha value is -0.490. The summed E-state index contributed by atoms with van der Waals surface area (Å²) >= 11 is 1.71. The van der Waals surface area contributed by atoms with E-state index in [-0.39, 0.29) is 11.5 Å². The lowest BCUT2D eigenvalue weighted by molar-refractivity contribution is 0.158. The van der Waals surface area contributed by atoms with E-state index in [1.807, 2.05) is 11.6 Å². The van der Waals surface area contributed by atoms with Crippen molar-refractivity contribution >= 4 is 11.3 Å². The van der Waals surface area contributed by atoms with Gasteiger partial charge in [0.1, 0.15) is 0 Å². The van der Waals surface area contributed by atoms with Crippen LogP contribution in [-0.4, -0.2) is 37.3 Å². The molecule has 1 aromatic rings. The lowest BCUT2D eigenvalue weighted by Crippen LogP contribution is -2.45. The van der Waals surface area contributed by atoms with Crippen LogP contribution in [-0.2, 0) is 4.74 Å². The van der Waals surface area contributed by atoms with Gasteiger partial charge >= 0.3 is 0 Å². The molecule has 0 aliphatic carbocycles. The molecule has 3 N–H and O–H groups in total. The summed E-state index contributed by atoms with van der Waals surface area (Å²) in [5, 5.41) is 6.70. The highest BCUT2D eigenvalue weighted by Crippen LogP contribution is 2.26. The summed E-state index contributed by atoms with van der Waals surface area (Å²) in [7, 11) is 0. The largest absolute Gasteiger partial charge is 0.379 e. The Labute approximate surface area is 107 Å². The molecular formula is C12H21N3OS. The average molecular weight is 255 g/mol. The van der Waals surface area contributed by atoms with Crippen molar-refractivity contribution in [3.63, 3.8) is 0 Å². The molecule has 0 radical (unpaired) electrons. The van der Waals surface area contributed by atoms with Gasteiger partial charge in [0.2, 0.25) is 0 Å². The van der Waals surface area contributed by atoms with Gasteiger partial charge in [-0.05, 0) is 0 Å². The minimum Gasteiger partial charge on any atom is -0.379 e. The lowest BCUT2D eigenvalue weighted by atomic mass is 9.86. The molecule has 4 nitrogen and oxygen atoms in total. The van der Waals surface area contributed by atoms with Crippen LogP contribution in [0.3, 0.4) is 0 Å². The van der Waals surface area contributed by atoms with Gasteiger partial charge in [-0.3, -0.25) is 0 Å². The van der Waals surface area contributed by atoms with Gasteiger partial charge in [0.05, 0.1) is 18.2 Å². The van der Waals surface area contributed by atoms with Gasteiger partial charge in [-0.1, -0.05) is 13.8 Å². The first-order valence-electron chi connectivity index (χ1n) is 6.05. The van der Waals surface area contributed by atoms with Crippen molar-refractivity contribution in [2.24, 2.45) is 11.1 Å². The number of thiazole rings is 1. The van der Waals surface area contributed by atoms with E-state index < -0.39 is 0 Å². The van der Waals surface area contributed by atoms with Crippen LogP contribution < -0.4 is 11.1 Å². The zero-order chi connectivity index (χ0) is 12.3. The number of rotatable bonds is 5. The number of nitrogens with two attached hydrogens (primary N) is 1. The Morgan fingerprint density at radius 1 is 1.76 bits per heavy atom. The smallest absolute Gasteiger partial charge is 0.0965 e. The Morgan fingerprint density at radius 3 is 3.18 bits per heavy atom. The van der Waals surface area contributed by atoms with E-state index in [0.29, 0.717) is 12.5 Å². The summed E-state index contributed by atoms with van der Waals surface area (Å²) in [6.07, 6.45) is 1.86. The summed E-state index contributed by atoms with van der Waals surface area (Å²) in [5.74, 6) is 0.456. The Bertz CT molecular complexity index is 344. The van der Waals surface area contributed by atoms with E-state index in [4.69, 9.17) is 10.5 Å². The lowest BCUT2D eigenvalue weighted by Gasteiger charge is -2.27. The van der Waals surface area contributed by atoms with Gasteiger partial charge in [-0.15, -0.1) is 11.3 Å². The van der Waals surface area contributed by atoms with E-state index in [9.17, 15) is 0 Å². The molecule has 3 atom stereocenters. The van der Waals surface area contributed by atoms with E-state index in [0.717, 1.165) is 19.7 Å². The highest BCUT2D eigenvalue weighted by molar-refractivity contribution is 7.09. The van der Waals surface area contributed by atoms with Crippen LogP contribution in [0.15, 0.2) is 11.6 Å². The third kappa shape index (κ3) is 3.04. The molecular weight excluding hydrogens is 234 g/mol. The number of hydrogen-bond acceptors (Lipinski definition) is 5. The van der Waals surface area contributed by atoms with Crippen LogP contribution in [0.4, 0.5) is 0 Å². The van der Waals surface area contributed by atoms with E-state index in [1.165, 1.54) is 5.01 Å². The SMILES string of the molecule is CC(CNCC1(C)COCC1N)c1nccs1. The maximum absolute atomic E-state index is 6.05. The Kier molecular flexibility index (Phi) is 4.14. The fraction of sp³-hybridized carbons (Fsp3) is 0.750. The minimum atomic E-state index is 0.0720.